The number of hydrogen-bond acceptors (Lipinski definition) is 1. The zero-order valence-electron chi connectivity index (χ0n) is 11.9. The number of hydrogen-bond donors (Lipinski definition) is 0. The average molecular weight is 255 g/mol. The Morgan fingerprint density at radius 3 is 2.26 bits per heavy atom. The molecular formula is C18H25N. The van der Waals surface area contributed by atoms with Gasteiger partial charge in [0, 0.05) is 6.42 Å². The Hall–Kier alpha value is -1.55. The van der Waals surface area contributed by atoms with Crippen LogP contribution in [0.2, 0.25) is 0 Å². The van der Waals surface area contributed by atoms with Gasteiger partial charge in [-0.1, -0.05) is 68.2 Å². The van der Waals surface area contributed by atoms with Crippen LogP contribution in [-0.2, 0) is 6.42 Å². The Kier molecular flexibility index (Phi) is 9.41. The van der Waals surface area contributed by atoms with Crippen molar-refractivity contribution in [3.8, 4) is 6.07 Å². The van der Waals surface area contributed by atoms with Crippen LogP contribution in [0.1, 0.15) is 56.9 Å². The smallest absolute Gasteiger partial charge is 0.0621 e. The maximum atomic E-state index is 8.41. The molecule has 0 saturated heterocycles. The molecule has 0 amide bonds. The lowest BCUT2D eigenvalue weighted by Gasteiger charge is -1.98. The van der Waals surface area contributed by atoms with E-state index in [2.05, 4.69) is 48.6 Å². The van der Waals surface area contributed by atoms with Crippen LogP contribution in [0.4, 0.5) is 0 Å². The van der Waals surface area contributed by atoms with Gasteiger partial charge in [0.1, 0.15) is 0 Å². The molecule has 19 heavy (non-hydrogen) atoms. The predicted octanol–water partition coefficient (Wildman–Crippen LogP) is 5.43. The van der Waals surface area contributed by atoms with E-state index in [-0.39, 0.29) is 0 Å². The van der Waals surface area contributed by atoms with Gasteiger partial charge in [0.15, 0.2) is 0 Å². The second-order valence-electron chi connectivity index (χ2n) is 4.98. The quantitative estimate of drug-likeness (QED) is 0.404. The number of rotatable bonds is 10. The lowest BCUT2D eigenvalue weighted by molar-refractivity contribution is 0.601. The van der Waals surface area contributed by atoms with Gasteiger partial charge in [0.2, 0.25) is 0 Å². The summed E-state index contributed by atoms with van der Waals surface area (Å²) < 4.78 is 0. The third kappa shape index (κ3) is 9.08. The standard InChI is InChI=1S/C18H25N/c19-17-13-8-6-4-2-1-3-5-7-10-14-18-15-11-9-12-16-18/h7,9-12,15-16H,1-6,8,13-14H2/b10-7+. The molecule has 0 spiro atoms. The lowest BCUT2D eigenvalue weighted by atomic mass is 10.1. The van der Waals surface area contributed by atoms with Crippen molar-refractivity contribution in [2.75, 3.05) is 0 Å². The normalized spacial score (nSPS) is 10.7. The Balaban J connectivity index is 1.89. The van der Waals surface area contributed by atoms with Crippen LogP contribution in [-0.4, -0.2) is 0 Å². The Labute approximate surface area is 118 Å². The first kappa shape index (κ1) is 15.5. The van der Waals surface area contributed by atoms with Gasteiger partial charge in [0.25, 0.3) is 0 Å². The summed E-state index contributed by atoms with van der Waals surface area (Å²) in [6.45, 7) is 0. The van der Waals surface area contributed by atoms with Gasteiger partial charge >= 0.3 is 0 Å². The van der Waals surface area contributed by atoms with E-state index in [9.17, 15) is 0 Å². The largest absolute Gasteiger partial charge is 0.198 e. The highest BCUT2D eigenvalue weighted by molar-refractivity contribution is 5.17. The molecule has 1 aromatic carbocycles. The number of unbranched alkanes of at least 4 members (excludes halogenated alkanes) is 7. The van der Waals surface area contributed by atoms with Crippen molar-refractivity contribution >= 4 is 0 Å². The van der Waals surface area contributed by atoms with Crippen LogP contribution in [0.15, 0.2) is 42.5 Å². The van der Waals surface area contributed by atoms with Crippen molar-refractivity contribution in [2.24, 2.45) is 0 Å². The Bertz CT molecular complexity index is 372. The van der Waals surface area contributed by atoms with Crippen molar-refractivity contribution in [2.45, 2.75) is 57.8 Å². The highest BCUT2D eigenvalue weighted by Gasteiger charge is 1.90. The van der Waals surface area contributed by atoms with Crippen molar-refractivity contribution in [3.63, 3.8) is 0 Å². The molecule has 0 N–H and O–H groups in total. The summed E-state index contributed by atoms with van der Waals surface area (Å²) >= 11 is 0. The minimum atomic E-state index is 0.724. The third-order valence-electron chi connectivity index (χ3n) is 3.27. The maximum Gasteiger partial charge on any atom is 0.0621 e. The summed E-state index contributed by atoms with van der Waals surface area (Å²) in [5.41, 5.74) is 1.39. The van der Waals surface area contributed by atoms with E-state index in [1.807, 2.05) is 0 Å². The minimum absolute atomic E-state index is 0.724. The second kappa shape index (κ2) is 11.5. The first-order valence-electron chi connectivity index (χ1n) is 7.49. The molecule has 0 fully saturated rings. The fraction of sp³-hybridized carbons (Fsp3) is 0.500. The molecule has 1 heteroatoms. The third-order valence-corrected chi connectivity index (χ3v) is 3.27. The fourth-order valence-electron chi connectivity index (χ4n) is 2.12. The zero-order chi connectivity index (χ0) is 13.6. The molecule has 0 aromatic heterocycles. The first-order valence-corrected chi connectivity index (χ1v) is 7.49. The molecular weight excluding hydrogens is 230 g/mol. The van der Waals surface area contributed by atoms with Gasteiger partial charge in [-0.2, -0.15) is 5.26 Å². The molecule has 0 heterocycles. The monoisotopic (exact) mass is 255 g/mol. The van der Waals surface area contributed by atoms with Gasteiger partial charge in [-0.05, 0) is 31.2 Å². The van der Waals surface area contributed by atoms with Crippen LogP contribution in [0.3, 0.4) is 0 Å². The van der Waals surface area contributed by atoms with Gasteiger partial charge in [-0.15, -0.1) is 0 Å². The molecule has 1 rings (SSSR count). The van der Waals surface area contributed by atoms with E-state index in [1.54, 1.807) is 0 Å². The molecule has 0 radical (unpaired) electrons. The maximum absolute atomic E-state index is 8.41. The number of nitrogens with zero attached hydrogens (tertiary/aromatic N) is 1. The minimum Gasteiger partial charge on any atom is -0.198 e. The summed E-state index contributed by atoms with van der Waals surface area (Å²) in [4.78, 5) is 0. The SMILES string of the molecule is N#CCCCCCCCC/C=C/Cc1ccccc1. The average Bonchev–Trinajstić information content (AvgIpc) is 2.46. The van der Waals surface area contributed by atoms with Crippen molar-refractivity contribution in [1.29, 1.82) is 5.26 Å². The van der Waals surface area contributed by atoms with E-state index in [0.717, 1.165) is 19.3 Å². The van der Waals surface area contributed by atoms with E-state index in [0.29, 0.717) is 0 Å². The molecule has 0 aliphatic rings. The molecule has 0 saturated carbocycles. The van der Waals surface area contributed by atoms with E-state index in [4.69, 9.17) is 5.26 Å². The van der Waals surface area contributed by atoms with Gasteiger partial charge < -0.3 is 0 Å². The number of allylic oxidation sites excluding steroid dienone is 2. The van der Waals surface area contributed by atoms with Gasteiger partial charge in [-0.3, -0.25) is 0 Å². The van der Waals surface area contributed by atoms with Gasteiger partial charge in [-0.25, -0.2) is 0 Å². The molecule has 102 valence electrons. The second-order valence-corrected chi connectivity index (χ2v) is 4.98. The first-order chi connectivity index (χ1) is 9.43. The predicted molar refractivity (Wildman–Crippen MR) is 81.8 cm³/mol. The highest BCUT2D eigenvalue weighted by atomic mass is 14.2. The van der Waals surface area contributed by atoms with Crippen LogP contribution in [0.25, 0.3) is 0 Å². The van der Waals surface area contributed by atoms with E-state index < -0.39 is 0 Å². The topological polar surface area (TPSA) is 23.8 Å². The molecule has 1 nitrogen and oxygen atoms in total. The molecule has 0 bridgehead atoms. The summed E-state index contributed by atoms with van der Waals surface area (Å²) in [6, 6.07) is 12.8. The lowest BCUT2D eigenvalue weighted by Crippen LogP contribution is -1.80. The van der Waals surface area contributed by atoms with Crippen molar-refractivity contribution in [3.05, 3.63) is 48.0 Å². The van der Waals surface area contributed by atoms with E-state index >= 15 is 0 Å². The zero-order valence-corrected chi connectivity index (χ0v) is 11.9. The molecule has 0 aliphatic heterocycles. The number of benzene rings is 1. The molecule has 1 aromatic rings. The molecule has 0 unspecified atom stereocenters. The summed E-state index contributed by atoms with van der Waals surface area (Å²) in [7, 11) is 0. The molecule has 0 aliphatic carbocycles. The fourth-order valence-corrected chi connectivity index (χ4v) is 2.12. The van der Waals surface area contributed by atoms with Crippen molar-refractivity contribution < 1.29 is 0 Å². The van der Waals surface area contributed by atoms with Gasteiger partial charge in [0.05, 0.1) is 6.07 Å². The molecule has 0 atom stereocenters. The number of nitriles is 1. The summed E-state index contributed by atoms with van der Waals surface area (Å²) in [5, 5.41) is 8.41. The highest BCUT2D eigenvalue weighted by Crippen LogP contribution is 2.09. The Morgan fingerprint density at radius 1 is 0.842 bits per heavy atom. The van der Waals surface area contributed by atoms with E-state index in [1.165, 1.54) is 44.1 Å². The van der Waals surface area contributed by atoms with Crippen molar-refractivity contribution in [1.82, 2.24) is 0 Å². The van der Waals surface area contributed by atoms with Crippen LogP contribution < -0.4 is 0 Å². The summed E-state index contributed by atoms with van der Waals surface area (Å²) in [6.07, 6.45) is 15.1. The van der Waals surface area contributed by atoms with Crippen LogP contribution in [0.5, 0.6) is 0 Å². The summed E-state index contributed by atoms with van der Waals surface area (Å²) in [5.74, 6) is 0. The van der Waals surface area contributed by atoms with Crippen LogP contribution >= 0.6 is 0 Å². The Morgan fingerprint density at radius 2 is 1.53 bits per heavy atom. The van der Waals surface area contributed by atoms with Crippen LogP contribution in [0, 0.1) is 11.3 Å².